The van der Waals surface area contributed by atoms with Crippen LogP contribution >= 0.6 is 11.3 Å². The van der Waals surface area contributed by atoms with E-state index in [1.165, 1.54) is 22.5 Å². The van der Waals surface area contributed by atoms with E-state index in [9.17, 15) is 0 Å². The molecule has 0 saturated heterocycles. The first-order valence-corrected chi connectivity index (χ1v) is 10.2. The Morgan fingerprint density at radius 2 is 1.79 bits per heavy atom. The summed E-state index contributed by atoms with van der Waals surface area (Å²) < 4.78 is 6.93. The number of thiazole rings is 1. The second kappa shape index (κ2) is 8.50. The molecule has 0 N–H and O–H groups in total. The van der Waals surface area contributed by atoms with Crippen molar-refractivity contribution in [2.45, 2.75) is 19.4 Å². The molecule has 0 aliphatic carbocycles. The van der Waals surface area contributed by atoms with Crippen LogP contribution in [0.15, 0.2) is 72.9 Å². The van der Waals surface area contributed by atoms with Gasteiger partial charge in [-0.25, -0.2) is 4.98 Å². The van der Waals surface area contributed by atoms with E-state index in [1.54, 1.807) is 6.20 Å². The minimum absolute atomic E-state index is 0.399. The fourth-order valence-corrected chi connectivity index (χ4v) is 3.90. The minimum Gasteiger partial charge on any atom is -0.431 e. The molecule has 0 aliphatic heterocycles. The largest absolute Gasteiger partial charge is 0.431 e. The maximum atomic E-state index is 5.90. The highest BCUT2D eigenvalue weighted by Crippen LogP contribution is 2.30. The summed E-state index contributed by atoms with van der Waals surface area (Å²) in [5.74, 6) is 0.800. The number of hydrogen-bond donors (Lipinski definition) is 0. The SMILES string of the molecule is C[C@H](c1ccccc1)N(C)CCc1ccc(Oc2nc3ncccc3s2)cc1. The summed E-state index contributed by atoms with van der Waals surface area (Å²) in [5, 5.41) is 0.623. The number of likely N-dealkylation sites (N-methyl/N-ethyl adjacent to an activating group) is 1. The van der Waals surface area contributed by atoms with Gasteiger partial charge in [0.05, 0.1) is 4.70 Å². The highest BCUT2D eigenvalue weighted by Gasteiger charge is 2.11. The van der Waals surface area contributed by atoms with E-state index in [-0.39, 0.29) is 0 Å². The summed E-state index contributed by atoms with van der Waals surface area (Å²) >= 11 is 1.51. The van der Waals surface area contributed by atoms with Crippen LogP contribution in [0.1, 0.15) is 24.1 Å². The van der Waals surface area contributed by atoms with Crippen molar-refractivity contribution < 1.29 is 4.74 Å². The lowest BCUT2D eigenvalue weighted by molar-refractivity contribution is 0.265. The third-order valence-corrected chi connectivity index (χ3v) is 5.86. The van der Waals surface area contributed by atoms with Gasteiger partial charge in [0.15, 0.2) is 5.65 Å². The van der Waals surface area contributed by atoms with Gasteiger partial charge in [-0.2, -0.15) is 4.98 Å². The Balaban J connectivity index is 1.34. The van der Waals surface area contributed by atoms with Crippen LogP contribution in [0.2, 0.25) is 0 Å². The molecule has 0 saturated carbocycles. The van der Waals surface area contributed by atoms with Crippen LogP contribution in [0.3, 0.4) is 0 Å². The molecular formula is C23H23N3OS. The van der Waals surface area contributed by atoms with E-state index in [0.717, 1.165) is 29.1 Å². The molecule has 0 radical (unpaired) electrons. The van der Waals surface area contributed by atoms with E-state index in [2.05, 4.69) is 71.3 Å². The van der Waals surface area contributed by atoms with E-state index in [4.69, 9.17) is 4.74 Å². The normalized spacial score (nSPS) is 12.4. The first kappa shape index (κ1) is 18.6. The summed E-state index contributed by atoms with van der Waals surface area (Å²) in [4.78, 5) is 11.0. The Hall–Kier alpha value is -2.76. The third-order valence-electron chi connectivity index (χ3n) is 4.97. The first-order valence-electron chi connectivity index (χ1n) is 9.42. The van der Waals surface area contributed by atoms with Crippen molar-refractivity contribution >= 4 is 21.7 Å². The predicted molar refractivity (Wildman–Crippen MR) is 115 cm³/mol. The Bertz CT molecular complexity index is 998. The zero-order chi connectivity index (χ0) is 19.3. The van der Waals surface area contributed by atoms with Gasteiger partial charge in [-0.3, -0.25) is 4.90 Å². The summed E-state index contributed by atoms with van der Waals surface area (Å²) in [6, 6.07) is 23.2. The molecule has 1 atom stereocenters. The van der Waals surface area contributed by atoms with E-state index >= 15 is 0 Å². The Morgan fingerprint density at radius 3 is 2.54 bits per heavy atom. The van der Waals surface area contributed by atoms with Gasteiger partial charge >= 0.3 is 0 Å². The van der Waals surface area contributed by atoms with Gasteiger partial charge in [0.25, 0.3) is 5.19 Å². The van der Waals surface area contributed by atoms with Gasteiger partial charge in [0, 0.05) is 18.8 Å². The number of pyridine rings is 1. The monoisotopic (exact) mass is 389 g/mol. The van der Waals surface area contributed by atoms with Crippen molar-refractivity contribution in [2.24, 2.45) is 0 Å². The van der Waals surface area contributed by atoms with Crippen LogP contribution in [0.25, 0.3) is 10.3 Å². The lowest BCUT2D eigenvalue weighted by atomic mass is 10.1. The second-order valence-corrected chi connectivity index (χ2v) is 7.86. The van der Waals surface area contributed by atoms with Crippen molar-refractivity contribution in [3.05, 3.63) is 84.1 Å². The van der Waals surface area contributed by atoms with Crippen molar-refractivity contribution in [2.75, 3.05) is 13.6 Å². The van der Waals surface area contributed by atoms with Crippen molar-refractivity contribution in [3.63, 3.8) is 0 Å². The fourth-order valence-electron chi connectivity index (χ4n) is 3.10. The topological polar surface area (TPSA) is 38.2 Å². The smallest absolute Gasteiger partial charge is 0.281 e. The van der Waals surface area contributed by atoms with Crippen LogP contribution in [-0.2, 0) is 6.42 Å². The summed E-state index contributed by atoms with van der Waals surface area (Å²) in [6.07, 6.45) is 2.75. The molecule has 0 spiro atoms. The molecule has 2 aromatic carbocycles. The standard InChI is InChI=1S/C23H23N3OS/c1-17(19-7-4-3-5-8-19)26(2)16-14-18-10-12-20(13-11-18)27-23-25-22-21(28-23)9-6-15-24-22/h3-13,15,17H,14,16H2,1-2H3/t17-/m1/s1. The Morgan fingerprint density at radius 1 is 1.00 bits per heavy atom. The molecule has 2 aromatic heterocycles. The van der Waals surface area contributed by atoms with Crippen LogP contribution in [0, 0.1) is 0 Å². The molecule has 4 nitrogen and oxygen atoms in total. The lowest BCUT2D eigenvalue weighted by Crippen LogP contribution is -2.24. The first-order chi connectivity index (χ1) is 13.7. The van der Waals surface area contributed by atoms with Gasteiger partial charge in [0.1, 0.15) is 5.75 Å². The zero-order valence-corrected chi connectivity index (χ0v) is 16.9. The molecular weight excluding hydrogens is 366 g/mol. The fraction of sp³-hybridized carbons (Fsp3) is 0.217. The zero-order valence-electron chi connectivity index (χ0n) is 16.1. The molecule has 0 bridgehead atoms. The van der Waals surface area contributed by atoms with Crippen molar-refractivity contribution in [1.29, 1.82) is 0 Å². The van der Waals surface area contributed by atoms with Crippen LogP contribution < -0.4 is 4.74 Å². The Kier molecular flexibility index (Phi) is 5.65. The molecule has 0 unspecified atom stereocenters. The lowest BCUT2D eigenvalue weighted by Gasteiger charge is -2.25. The number of nitrogens with zero attached hydrogens (tertiary/aromatic N) is 3. The molecule has 0 aliphatic rings. The maximum absolute atomic E-state index is 5.90. The van der Waals surface area contributed by atoms with Gasteiger partial charge in [-0.15, -0.1) is 0 Å². The number of benzene rings is 2. The Labute approximate surface area is 169 Å². The van der Waals surface area contributed by atoms with Gasteiger partial charge < -0.3 is 4.74 Å². The number of rotatable bonds is 7. The van der Waals surface area contributed by atoms with Crippen molar-refractivity contribution in [1.82, 2.24) is 14.9 Å². The predicted octanol–water partition coefficient (Wildman–Crippen LogP) is 5.72. The van der Waals surface area contributed by atoms with Crippen molar-refractivity contribution in [3.8, 4) is 10.9 Å². The van der Waals surface area contributed by atoms with E-state index in [1.807, 2.05) is 24.3 Å². The summed E-state index contributed by atoms with van der Waals surface area (Å²) in [7, 11) is 2.18. The van der Waals surface area contributed by atoms with Crippen LogP contribution in [-0.4, -0.2) is 28.5 Å². The highest BCUT2D eigenvalue weighted by molar-refractivity contribution is 7.20. The number of fused-ring (bicyclic) bond motifs is 1. The van der Waals surface area contributed by atoms with E-state index in [0.29, 0.717) is 11.2 Å². The number of ether oxygens (including phenoxy) is 1. The average Bonchev–Trinajstić information content (AvgIpc) is 3.15. The molecule has 28 heavy (non-hydrogen) atoms. The number of hydrogen-bond acceptors (Lipinski definition) is 5. The molecule has 4 rings (SSSR count). The van der Waals surface area contributed by atoms with Crippen LogP contribution in [0.5, 0.6) is 10.9 Å². The molecule has 5 heteroatoms. The summed E-state index contributed by atoms with van der Waals surface area (Å²) in [6.45, 7) is 3.25. The maximum Gasteiger partial charge on any atom is 0.281 e. The minimum atomic E-state index is 0.399. The molecule has 0 fully saturated rings. The summed E-state index contributed by atoms with van der Waals surface area (Å²) in [5.41, 5.74) is 3.37. The molecule has 0 amide bonds. The highest BCUT2D eigenvalue weighted by atomic mass is 32.1. The van der Waals surface area contributed by atoms with Gasteiger partial charge in [-0.1, -0.05) is 53.8 Å². The third kappa shape index (κ3) is 4.38. The molecule has 142 valence electrons. The molecule has 2 heterocycles. The van der Waals surface area contributed by atoms with E-state index < -0.39 is 0 Å². The quantitative estimate of drug-likeness (QED) is 0.405. The second-order valence-electron chi connectivity index (χ2n) is 6.87. The van der Waals surface area contributed by atoms with Crippen LogP contribution in [0.4, 0.5) is 0 Å². The van der Waals surface area contributed by atoms with Gasteiger partial charge in [0.2, 0.25) is 0 Å². The average molecular weight is 390 g/mol. The van der Waals surface area contributed by atoms with Gasteiger partial charge in [-0.05, 0) is 55.8 Å². The molecule has 4 aromatic rings. The number of aromatic nitrogens is 2.